The van der Waals surface area contributed by atoms with Gasteiger partial charge in [0.25, 0.3) is 0 Å². The third-order valence-electron chi connectivity index (χ3n) is 1.88. The molecule has 4 heteroatoms. The quantitative estimate of drug-likeness (QED) is 0.684. The Morgan fingerprint density at radius 1 is 1.31 bits per heavy atom. The number of hydrogen-bond donors (Lipinski definition) is 1. The highest BCUT2D eigenvalue weighted by atomic mass is 35.5. The summed E-state index contributed by atoms with van der Waals surface area (Å²) < 4.78 is 0. The molecule has 1 aliphatic rings. The molecule has 1 aliphatic heterocycles. The van der Waals surface area contributed by atoms with Crippen LogP contribution in [-0.4, -0.2) is 9.85 Å². The van der Waals surface area contributed by atoms with E-state index in [2.05, 4.69) is 5.32 Å². The van der Waals surface area contributed by atoms with E-state index in [-0.39, 0.29) is 0 Å². The van der Waals surface area contributed by atoms with Crippen molar-refractivity contribution < 1.29 is 0 Å². The van der Waals surface area contributed by atoms with Crippen LogP contribution in [0.2, 0.25) is 5.02 Å². The largest absolute Gasteiger partial charge is 0.349 e. The molecule has 1 aromatic rings. The Labute approximate surface area is 92.1 Å². The lowest BCUT2D eigenvalue weighted by molar-refractivity contribution is 1.49. The van der Waals surface area contributed by atoms with Crippen LogP contribution in [0.3, 0.4) is 0 Å². The molecule has 0 atom stereocenters. The van der Waals surface area contributed by atoms with E-state index in [4.69, 9.17) is 36.0 Å². The van der Waals surface area contributed by atoms with Gasteiger partial charge in [-0.2, -0.15) is 0 Å². The smallest absolute Gasteiger partial charge is 0.0850 e. The average molecular weight is 228 g/mol. The number of benzene rings is 1. The summed E-state index contributed by atoms with van der Waals surface area (Å²) in [6.07, 6.45) is 0.651. The fraction of sp³-hybridized carbons (Fsp3) is 0.111. The van der Waals surface area contributed by atoms with Crippen LogP contribution in [0.4, 0.5) is 5.69 Å². The van der Waals surface area contributed by atoms with Crippen molar-refractivity contribution in [2.75, 3.05) is 5.32 Å². The van der Waals surface area contributed by atoms with E-state index in [1.54, 1.807) is 0 Å². The van der Waals surface area contributed by atoms with Crippen molar-refractivity contribution in [2.24, 2.45) is 0 Å². The summed E-state index contributed by atoms with van der Waals surface area (Å²) in [5.41, 5.74) is 1.96. The Hall–Kier alpha value is -0.510. The first-order chi connectivity index (χ1) is 6.16. The topological polar surface area (TPSA) is 12.0 Å². The number of anilines is 1. The van der Waals surface area contributed by atoms with Gasteiger partial charge in [-0.25, -0.2) is 0 Å². The standard InChI is InChI=1S/C9H6ClNS2/c10-5-1-2-7-6(3-5)8(12)4-9(13)11-7/h1-3H,4H2,(H,11,13). The van der Waals surface area contributed by atoms with Gasteiger partial charge in [0.1, 0.15) is 0 Å². The van der Waals surface area contributed by atoms with Crippen LogP contribution < -0.4 is 5.32 Å². The van der Waals surface area contributed by atoms with Gasteiger partial charge in [0.15, 0.2) is 0 Å². The number of hydrogen-bond acceptors (Lipinski definition) is 2. The highest BCUT2D eigenvalue weighted by Gasteiger charge is 2.16. The molecule has 1 aromatic carbocycles. The molecule has 0 spiro atoms. The maximum Gasteiger partial charge on any atom is 0.0850 e. The van der Waals surface area contributed by atoms with Gasteiger partial charge < -0.3 is 5.32 Å². The molecular formula is C9H6ClNS2. The van der Waals surface area contributed by atoms with Crippen molar-refractivity contribution in [3.8, 4) is 0 Å². The second kappa shape index (κ2) is 3.33. The van der Waals surface area contributed by atoms with Crippen molar-refractivity contribution >= 4 is 51.6 Å². The maximum absolute atomic E-state index is 5.86. The van der Waals surface area contributed by atoms with Gasteiger partial charge in [0.05, 0.1) is 4.99 Å². The zero-order valence-corrected chi connectivity index (χ0v) is 9.02. The summed E-state index contributed by atoms with van der Waals surface area (Å²) >= 11 is 16.1. The molecule has 0 unspecified atom stereocenters. The van der Waals surface area contributed by atoms with Crippen LogP contribution in [0, 0.1) is 0 Å². The summed E-state index contributed by atoms with van der Waals surface area (Å²) in [6, 6.07) is 5.59. The third-order valence-corrected chi connectivity index (χ3v) is 2.72. The molecule has 1 nitrogen and oxygen atoms in total. The Bertz CT molecular complexity index is 401. The third kappa shape index (κ3) is 1.73. The molecule has 0 saturated heterocycles. The number of thiocarbonyl (C=S) groups is 2. The van der Waals surface area contributed by atoms with E-state index in [9.17, 15) is 0 Å². The fourth-order valence-corrected chi connectivity index (χ4v) is 2.12. The summed E-state index contributed by atoms with van der Waals surface area (Å²) in [5.74, 6) is 0. The molecule has 13 heavy (non-hydrogen) atoms. The first-order valence-electron chi connectivity index (χ1n) is 3.79. The lowest BCUT2D eigenvalue weighted by Crippen LogP contribution is -2.21. The SMILES string of the molecule is S=C1CC(=S)c2cc(Cl)ccc2N1. The maximum atomic E-state index is 5.86. The predicted octanol–water partition coefficient (Wildman–Crippen LogP) is 3.20. The fourth-order valence-electron chi connectivity index (χ4n) is 1.29. The van der Waals surface area contributed by atoms with Gasteiger partial charge in [0.2, 0.25) is 0 Å². The Kier molecular flexibility index (Phi) is 2.32. The van der Waals surface area contributed by atoms with E-state index >= 15 is 0 Å². The zero-order chi connectivity index (χ0) is 9.42. The number of halogens is 1. The Morgan fingerprint density at radius 2 is 2.08 bits per heavy atom. The molecule has 0 amide bonds. The lowest BCUT2D eigenvalue weighted by Gasteiger charge is -2.19. The van der Waals surface area contributed by atoms with Crippen LogP contribution in [-0.2, 0) is 0 Å². The van der Waals surface area contributed by atoms with Crippen molar-refractivity contribution in [3.63, 3.8) is 0 Å². The number of nitrogens with one attached hydrogen (secondary N) is 1. The lowest BCUT2D eigenvalue weighted by atomic mass is 10.0. The molecule has 1 N–H and O–H groups in total. The molecule has 0 saturated carbocycles. The molecule has 0 aliphatic carbocycles. The van der Waals surface area contributed by atoms with Crippen LogP contribution in [0.25, 0.3) is 0 Å². The van der Waals surface area contributed by atoms with E-state index in [0.717, 1.165) is 21.1 Å². The Morgan fingerprint density at radius 3 is 2.85 bits per heavy atom. The minimum absolute atomic E-state index is 0.651. The number of fused-ring (bicyclic) bond motifs is 1. The number of rotatable bonds is 0. The monoisotopic (exact) mass is 227 g/mol. The van der Waals surface area contributed by atoms with Crippen LogP contribution in [0.5, 0.6) is 0 Å². The van der Waals surface area contributed by atoms with E-state index in [0.29, 0.717) is 11.4 Å². The molecule has 1 heterocycles. The Balaban J connectivity index is 2.55. The zero-order valence-electron chi connectivity index (χ0n) is 6.63. The molecule has 0 fully saturated rings. The van der Waals surface area contributed by atoms with Crippen LogP contribution in [0.15, 0.2) is 18.2 Å². The van der Waals surface area contributed by atoms with Gasteiger partial charge in [-0.3, -0.25) is 0 Å². The van der Waals surface area contributed by atoms with E-state index in [1.807, 2.05) is 18.2 Å². The highest BCUT2D eigenvalue weighted by molar-refractivity contribution is 7.82. The molecule has 0 radical (unpaired) electrons. The molecule has 66 valence electrons. The molecule has 2 rings (SSSR count). The normalized spacial score (nSPS) is 15.2. The van der Waals surface area contributed by atoms with Crippen molar-refractivity contribution in [1.29, 1.82) is 0 Å². The van der Waals surface area contributed by atoms with Crippen LogP contribution >= 0.6 is 36.0 Å². The molecular weight excluding hydrogens is 222 g/mol. The molecule has 0 aromatic heterocycles. The minimum Gasteiger partial charge on any atom is -0.349 e. The summed E-state index contributed by atoms with van der Waals surface area (Å²) in [7, 11) is 0. The van der Waals surface area contributed by atoms with Crippen LogP contribution in [0.1, 0.15) is 12.0 Å². The van der Waals surface area contributed by atoms with Gasteiger partial charge >= 0.3 is 0 Å². The van der Waals surface area contributed by atoms with Crippen molar-refractivity contribution in [2.45, 2.75) is 6.42 Å². The first kappa shape index (κ1) is 9.06. The summed E-state index contributed by atoms with van der Waals surface area (Å²) in [6.45, 7) is 0. The van der Waals surface area contributed by atoms with E-state index in [1.165, 1.54) is 0 Å². The minimum atomic E-state index is 0.651. The van der Waals surface area contributed by atoms with Gasteiger partial charge in [0, 0.05) is 27.6 Å². The van der Waals surface area contributed by atoms with Crippen molar-refractivity contribution in [3.05, 3.63) is 28.8 Å². The van der Waals surface area contributed by atoms with Gasteiger partial charge in [-0.1, -0.05) is 36.0 Å². The second-order valence-corrected chi connectivity index (χ2v) is 4.26. The highest BCUT2D eigenvalue weighted by Crippen LogP contribution is 2.26. The average Bonchev–Trinajstić information content (AvgIpc) is 2.06. The second-order valence-electron chi connectivity index (χ2n) is 2.84. The first-order valence-corrected chi connectivity index (χ1v) is 4.99. The summed E-state index contributed by atoms with van der Waals surface area (Å²) in [5, 5.41) is 3.81. The summed E-state index contributed by atoms with van der Waals surface area (Å²) in [4.78, 5) is 1.64. The van der Waals surface area contributed by atoms with Gasteiger partial charge in [-0.05, 0) is 18.2 Å². The van der Waals surface area contributed by atoms with Gasteiger partial charge in [-0.15, -0.1) is 0 Å². The van der Waals surface area contributed by atoms with Crippen molar-refractivity contribution in [1.82, 2.24) is 0 Å². The van der Waals surface area contributed by atoms with E-state index < -0.39 is 0 Å². The predicted molar refractivity (Wildman–Crippen MR) is 64.0 cm³/mol. The molecule has 0 bridgehead atoms.